The predicted octanol–water partition coefficient (Wildman–Crippen LogP) is 7.41. The van der Waals surface area contributed by atoms with Gasteiger partial charge in [0.25, 0.3) is 0 Å². The second-order valence-corrected chi connectivity index (χ2v) is 12.8. The molecule has 1 amide bonds. The third-order valence-corrected chi connectivity index (χ3v) is 9.12. The van der Waals surface area contributed by atoms with Gasteiger partial charge in [0.2, 0.25) is 5.91 Å². The number of rotatable bonds is 11. The van der Waals surface area contributed by atoms with E-state index in [1.165, 1.54) is 0 Å². The first-order valence-electron chi connectivity index (χ1n) is 14.1. The van der Waals surface area contributed by atoms with E-state index in [-0.39, 0.29) is 18.2 Å². The Morgan fingerprint density at radius 1 is 0.902 bits per heavy atom. The van der Waals surface area contributed by atoms with E-state index in [9.17, 15) is 9.59 Å². The Morgan fingerprint density at radius 2 is 1.37 bits per heavy atom. The van der Waals surface area contributed by atoms with Crippen molar-refractivity contribution in [2.75, 3.05) is 12.3 Å². The summed E-state index contributed by atoms with van der Waals surface area (Å²) in [6, 6.07) is 29.8. The van der Waals surface area contributed by atoms with E-state index >= 15 is 0 Å². The highest BCUT2D eigenvalue weighted by molar-refractivity contribution is 8.00. The van der Waals surface area contributed by atoms with Gasteiger partial charge in [0, 0.05) is 17.2 Å². The molecule has 4 rings (SSSR count). The van der Waals surface area contributed by atoms with Crippen molar-refractivity contribution in [3.8, 4) is 0 Å². The fraction of sp³-hybridized carbons (Fsp3) is 0.394. The molecule has 7 nitrogen and oxygen atoms in total. The van der Waals surface area contributed by atoms with E-state index < -0.39 is 27.8 Å². The van der Waals surface area contributed by atoms with Gasteiger partial charge in [0.1, 0.15) is 11.6 Å². The van der Waals surface area contributed by atoms with E-state index in [0.29, 0.717) is 12.8 Å². The maximum atomic E-state index is 13.8. The van der Waals surface area contributed by atoms with E-state index in [2.05, 4.69) is 51.7 Å². The number of hydrogen-bond donors (Lipinski definition) is 1. The molecular weight excluding hydrogens is 532 g/mol. The van der Waals surface area contributed by atoms with Crippen molar-refractivity contribution >= 4 is 23.6 Å². The number of carbonyl (C=O) groups excluding carboxylic acids is 2. The maximum Gasteiger partial charge on any atom is 0.330 e. The first-order valence-corrected chi connectivity index (χ1v) is 15.0. The molecule has 0 spiro atoms. The lowest BCUT2D eigenvalue weighted by Gasteiger charge is -2.37. The van der Waals surface area contributed by atoms with Crippen LogP contribution in [0.2, 0.25) is 0 Å². The molecule has 1 aliphatic rings. The molecule has 3 aromatic carbocycles. The average molecular weight is 571 g/mol. The number of thioether (sulfide) groups is 1. The monoisotopic (exact) mass is 570 g/mol. The standard InChI is InChI=1S/C33H38N4O3S/c1-31(2,3)40-29(38)28(36-30(39)32(24-35-37-34)21-13-14-22-32)23-41-33(25-15-7-4-8-16-25,26-17-9-5-10-18-26)27-19-11-6-12-20-27/h4-12,15-20,28H,13-14,21-24H2,1-3H3,(H,36,39). The molecule has 1 N–H and O–H groups in total. The van der Waals surface area contributed by atoms with E-state index in [4.69, 9.17) is 10.3 Å². The highest BCUT2D eigenvalue weighted by atomic mass is 32.2. The number of hydrogen-bond acceptors (Lipinski definition) is 5. The quantitative estimate of drug-likeness (QED) is 0.0852. The molecule has 41 heavy (non-hydrogen) atoms. The van der Waals surface area contributed by atoms with Gasteiger partial charge in [0.15, 0.2) is 0 Å². The van der Waals surface area contributed by atoms with Crippen LogP contribution in [0.1, 0.15) is 63.1 Å². The van der Waals surface area contributed by atoms with Crippen LogP contribution < -0.4 is 5.32 Å². The number of nitrogens with one attached hydrogen (secondary N) is 1. The van der Waals surface area contributed by atoms with Gasteiger partial charge in [-0.3, -0.25) is 4.79 Å². The number of carbonyl (C=O) groups is 2. The number of esters is 1. The summed E-state index contributed by atoms with van der Waals surface area (Å²) in [4.78, 5) is 30.3. The van der Waals surface area contributed by atoms with Crippen LogP contribution in [0.5, 0.6) is 0 Å². The molecule has 214 valence electrons. The Morgan fingerprint density at radius 3 is 1.78 bits per heavy atom. The molecule has 0 radical (unpaired) electrons. The van der Waals surface area contributed by atoms with E-state index in [1.807, 2.05) is 75.4 Å². The van der Waals surface area contributed by atoms with Crippen molar-refractivity contribution in [1.82, 2.24) is 5.32 Å². The molecule has 1 unspecified atom stereocenters. The second-order valence-electron chi connectivity index (χ2n) is 11.5. The number of benzene rings is 3. The lowest BCUT2D eigenvalue weighted by atomic mass is 9.84. The smallest absolute Gasteiger partial charge is 0.330 e. The van der Waals surface area contributed by atoms with Crippen molar-refractivity contribution in [1.29, 1.82) is 0 Å². The van der Waals surface area contributed by atoms with Gasteiger partial charge < -0.3 is 10.1 Å². The van der Waals surface area contributed by atoms with Gasteiger partial charge in [-0.2, -0.15) is 0 Å². The van der Waals surface area contributed by atoms with Crippen molar-refractivity contribution in [3.63, 3.8) is 0 Å². The minimum absolute atomic E-state index is 0.0749. The van der Waals surface area contributed by atoms with Gasteiger partial charge in [-0.25, -0.2) is 4.79 Å². The van der Waals surface area contributed by atoms with Crippen LogP contribution >= 0.6 is 11.8 Å². The number of azide groups is 1. The minimum atomic E-state index is -0.911. The molecule has 1 saturated carbocycles. The Hall–Kier alpha value is -3.74. The van der Waals surface area contributed by atoms with Gasteiger partial charge in [-0.1, -0.05) is 109 Å². The van der Waals surface area contributed by atoms with Crippen molar-refractivity contribution in [3.05, 3.63) is 118 Å². The fourth-order valence-corrected chi connectivity index (χ4v) is 7.05. The number of amides is 1. The summed E-state index contributed by atoms with van der Waals surface area (Å²) in [6.45, 7) is 5.53. The average Bonchev–Trinajstić information content (AvgIpc) is 3.47. The molecule has 1 aliphatic carbocycles. The van der Waals surface area contributed by atoms with Crippen molar-refractivity contribution in [2.45, 2.75) is 62.8 Å². The van der Waals surface area contributed by atoms with Gasteiger partial charge >= 0.3 is 5.97 Å². The third-order valence-electron chi connectivity index (χ3n) is 7.48. The summed E-state index contributed by atoms with van der Waals surface area (Å²) < 4.78 is 5.15. The first kappa shape index (κ1) is 30.2. The SMILES string of the molecule is CC(C)(C)OC(=O)C(CSC(c1ccccc1)(c1ccccc1)c1ccccc1)NC(=O)C1(CN=[N+]=[N-])CCCC1. The molecule has 0 aliphatic heterocycles. The molecule has 8 heteroatoms. The van der Waals surface area contributed by atoms with Crippen LogP contribution in [0.25, 0.3) is 10.4 Å². The predicted molar refractivity (Wildman–Crippen MR) is 164 cm³/mol. The Balaban J connectivity index is 1.75. The van der Waals surface area contributed by atoms with Crippen LogP contribution in [0.4, 0.5) is 0 Å². The molecule has 0 bridgehead atoms. The van der Waals surface area contributed by atoms with Gasteiger partial charge in [-0.15, -0.1) is 11.8 Å². The highest BCUT2D eigenvalue weighted by Crippen LogP contribution is 2.49. The zero-order valence-corrected chi connectivity index (χ0v) is 24.8. The summed E-state index contributed by atoms with van der Waals surface area (Å²) in [5, 5.41) is 6.80. The lowest BCUT2D eigenvalue weighted by molar-refractivity contribution is -0.158. The van der Waals surface area contributed by atoms with Gasteiger partial charge in [-0.05, 0) is 55.8 Å². The summed E-state index contributed by atoms with van der Waals surface area (Å²) in [7, 11) is 0. The summed E-state index contributed by atoms with van der Waals surface area (Å²) >= 11 is 1.59. The number of nitrogens with zero attached hydrogens (tertiary/aromatic N) is 3. The maximum absolute atomic E-state index is 13.8. The second kappa shape index (κ2) is 13.3. The van der Waals surface area contributed by atoms with Crippen LogP contribution in [0.15, 0.2) is 96.1 Å². The third kappa shape index (κ3) is 7.13. The number of ether oxygens (including phenoxy) is 1. The minimum Gasteiger partial charge on any atom is -0.458 e. The Bertz CT molecular complexity index is 1250. The largest absolute Gasteiger partial charge is 0.458 e. The summed E-state index contributed by atoms with van der Waals surface area (Å²) in [6.07, 6.45) is 2.99. The van der Waals surface area contributed by atoms with Crippen molar-refractivity contribution in [2.24, 2.45) is 10.5 Å². The molecule has 3 aromatic rings. The molecule has 0 aromatic heterocycles. The van der Waals surface area contributed by atoms with Crippen LogP contribution in [-0.4, -0.2) is 35.8 Å². The van der Waals surface area contributed by atoms with Gasteiger partial charge in [0.05, 0.1) is 10.2 Å². The topological polar surface area (TPSA) is 104 Å². The highest BCUT2D eigenvalue weighted by Gasteiger charge is 2.44. The first-order chi connectivity index (χ1) is 19.7. The lowest BCUT2D eigenvalue weighted by Crippen LogP contribution is -2.52. The van der Waals surface area contributed by atoms with Crippen LogP contribution in [0, 0.1) is 5.41 Å². The van der Waals surface area contributed by atoms with Crippen molar-refractivity contribution < 1.29 is 14.3 Å². The summed E-state index contributed by atoms with van der Waals surface area (Å²) in [5.41, 5.74) is 10.6. The zero-order valence-electron chi connectivity index (χ0n) is 24.0. The van der Waals surface area contributed by atoms with Crippen LogP contribution in [-0.2, 0) is 19.1 Å². The Labute approximate surface area is 246 Å². The van der Waals surface area contributed by atoms with E-state index in [0.717, 1.165) is 29.5 Å². The summed E-state index contributed by atoms with van der Waals surface area (Å²) in [5.74, 6) is -0.487. The molecule has 0 saturated heterocycles. The molecule has 0 heterocycles. The zero-order chi connectivity index (χ0) is 29.3. The fourth-order valence-electron chi connectivity index (χ4n) is 5.51. The molecule has 1 fully saturated rings. The normalized spacial score (nSPS) is 15.4. The molecular formula is C33H38N4O3S. The van der Waals surface area contributed by atoms with Crippen LogP contribution in [0.3, 0.4) is 0 Å². The van der Waals surface area contributed by atoms with E-state index in [1.54, 1.807) is 11.8 Å². The Kier molecular flexibility index (Phi) is 9.79. The molecule has 1 atom stereocenters.